The molecule has 3 atom stereocenters. The van der Waals surface area contributed by atoms with Crippen LogP contribution in [0.2, 0.25) is 5.02 Å². The number of benzene rings is 2. The summed E-state index contributed by atoms with van der Waals surface area (Å²) in [4.78, 5) is 11.6. The van der Waals surface area contributed by atoms with Gasteiger partial charge < -0.3 is 5.11 Å². The minimum atomic E-state index is -0.768. The van der Waals surface area contributed by atoms with Crippen molar-refractivity contribution in [2.75, 3.05) is 0 Å². The van der Waals surface area contributed by atoms with E-state index in [1.807, 2.05) is 30.3 Å². The van der Waals surface area contributed by atoms with E-state index in [-0.39, 0.29) is 5.92 Å². The van der Waals surface area contributed by atoms with E-state index < -0.39 is 11.9 Å². The van der Waals surface area contributed by atoms with E-state index >= 15 is 0 Å². The van der Waals surface area contributed by atoms with Crippen LogP contribution in [0.3, 0.4) is 0 Å². The van der Waals surface area contributed by atoms with Crippen molar-refractivity contribution in [2.24, 2.45) is 5.92 Å². The van der Waals surface area contributed by atoms with Crippen LogP contribution < -0.4 is 0 Å². The van der Waals surface area contributed by atoms with E-state index in [4.69, 9.17) is 11.6 Å². The van der Waals surface area contributed by atoms with Gasteiger partial charge in [-0.15, -0.1) is 0 Å². The molecule has 0 radical (unpaired) electrons. The average molecular weight is 287 g/mol. The summed E-state index contributed by atoms with van der Waals surface area (Å²) < 4.78 is 0. The number of halogens is 1. The Balaban J connectivity index is 1.86. The minimum absolute atomic E-state index is 0.161. The van der Waals surface area contributed by atoms with Gasteiger partial charge in [0.05, 0.1) is 5.92 Å². The summed E-state index contributed by atoms with van der Waals surface area (Å²) in [7, 11) is 0. The second-order valence-corrected chi connectivity index (χ2v) is 5.72. The van der Waals surface area contributed by atoms with Gasteiger partial charge in [0.2, 0.25) is 0 Å². The fourth-order valence-electron chi connectivity index (χ4n) is 2.94. The number of hydrogen-bond donors (Lipinski definition) is 1. The molecule has 2 nitrogen and oxygen atoms in total. The van der Waals surface area contributed by atoms with E-state index in [2.05, 4.69) is 12.1 Å². The van der Waals surface area contributed by atoms with Crippen LogP contribution in [0, 0.1) is 5.92 Å². The molecule has 0 spiro atoms. The molecule has 2 aromatic carbocycles. The lowest BCUT2D eigenvalue weighted by molar-refractivity contribution is -0.139. The molecule has 0 heterocycles. The molecule has 102 valence electrons. The van der Waals surface area contributed by atoms with Gasteiger partial charge in [0.25, 0.3) is 0 Å². The highest BCUT2D eigenvalue weighted by Crippen LogP contribution is 2.55. The lowest BCUT2D eigenvalue weighted by Crippen LogP contribution is -2.14. The van der Waals surface area contributed by atoms with Crippen molar-refractivity contribution in [3.63, 3.8) is 0 Å². The first kappa shape index (κ1) is 13.2. The molecule has 1 N–H and O–H groups in total. The van der Waals surface area contributed by atoms with Crippen LogP contribution in [-0.4, -0.2) is 11.1 Å². The molecule has 2 aromatic rings. The zero-order valence-corrected chi connectivity index (χ0v) is 11.6. The fraction of sp³-hybridized carbons (Fsp3) is 0.235. The Kier molecular flexibility index (Phi) is 3.49. The second kappa shape index (κ2) is 5.29. The van der Waals surface area contributed by atoms with Gasteiger partial charge in [0, 0.05) is 5.02 Å². The van der Waals surface area contributed by atoms with Crippen molar-refractivity contribution >= 4 is 17.6 Å². The lowest BCUT2D eigenvalue weighted by atomic mass is 9.92. The number of hydrogen-bond acceptors (Lipinski definition) is 1. The van der Waals surface area contributed by atoms with Crippen LogP contribution in [0.5, 0.6) is 0 Å². The number of carboxylic acid groups (broad SMARTS) is 1. The molecule has 1 saturated carbocycles. The van der Waals surface area contributed by atoms with Gasteiger partial charge in [0.1, 0.15) is 0 Å². The van der Waals surface area contributed by atoms with Gasteiger partial charge in [-0.1, -0.05) is 54.1 Å². The van der Waals surface area contributed by atoms with E-state index in [9.17, 15) is 9.90 Å². The molecule has 3 heteroatoms. The number of rotatable bonds is 4. The van der Waals surface area contributed by atoms with E-state index in [1.54, 1.807) is 12.1 Å². The van der Waals surface area contributed by atoms with Crippen LogP contribution in [0.4, 0.5) is 0 Å². The molecule has 0 aliphatic heterocycles. The van der Waals surface area contributed by atoms with Crippen LogP contribution >= 0.6 is 11.6 Å². The summed E-state index contributed by atoms with van der Waals surface area (Å²) in [5.41, 5.74) is 2.03. The predicted molar refractivity (Wildman–Crippen MR) is 79.1 cm³/mol. The largest absolute Gasteiger partial charge is 0.481 e. The molecule has 0 aromatic heterocycles. The molecular formula is C17H15ClO2. The standard InChI is InChI=1S/C17H15ClO2/c18-13-8-4-7-12(9-13)16(17(19)20)15-10-14(15)11-5-2-1-3-6-11/h1-9,14-16H,10H2,(H,19,20). The summed E-state index contributed by atoms with van der Waals surface area (Å²) in [5, 5.41) is 10.1. The second-order valence-electron chi connectivity index (χ2n) is 5.29. The highest BCUT2D eigenvalue weighted by molar-refractivity contribution is 6.30. The minimum Gasteiger partial charge on any atom is -0.481 e. The zero-order chi connectivity index (χ0) is 14.1. The first-order chi connectivity index (χ1) is 9.66. The zero-order valence-electron chi connectivity index (χ0n) is 10.9. The molecule has 1 aliphatic rings. The first-order valence-corrected chi connectivity index (χ1v) is 7.08. The van der Waals surface area contributed by atoms with Gasteiger partial charge >= 0.3 is 5.97 Å². The Morgan fingerprint density at radius 2 is 1.90 bits per heavy atom. The van der Waals surface area contributed by atoms with Gasteiger partial charge in [-0.05, 0) is 41.5 Å². The number of carboxylic acids is 1. The molecule has 1 aliphatic carbocycles. The monoisotopic (exact) mass is 286 g/mol. The first-order valence-electron chi connectivity index (χ1n) is 6.70. The summed E-state index contributed by atoms with van der Waals surface area (Å²) in [6.07, 6.45) is 0.924. The highest BCUT2D eigenvalue weighted by atomic mass is 35.5. The van der Waals surface area contributed by atoms with Crippen molar-refractivity contribution < 1.29 is 9.90 Å². The normalized spacial score (nSPS) is 22.2. The number of carbonyl (C=O) groups is 1. The van der Waals surface area contributed by atoms with Gasteiger partial charge in [-0.2, -0.15) is 0 Å². The Hall–Kier alpha value is -1.80. The third-order valence-corrected chi connectivity index (χ3v) is 4.20. The summed E-state index contributed by atoms with van der Waals surface area (Å²) in [5.74, 6) is -0.737. The van der Waals surface area contributed by atoms with E-state index in [1.165, 1.54) is 5.56 Å². The highest BCUT2D eigenvalue weighted by Gasteiger charge is 2.47. The van der Waals surface area contributed by atoms with Crippen LogP contribution in [0.25, 0.3) is 0 Å². The maximum absolute atomic E-state index is 11.6. The smallest absolute Gasteiger partial charge is 0.311 e. The van der Waals surface area contributed by atoms with Crippen molar-refractivity contribution in [3.05, 3.63) is 70.7 Å². The predicted octanol–water partition coefficient (Wildman–Crippen LogP) is 4.31. The molecule has 3 rings (SSSR count). The topological polar surface area (TPSA) is 37.3 Å². The Labute approximate surface area is 123 Å². The van der Waals surface area contributed by atoms with Crippen molar-refractivity contribution in [1.29, 1.82) is 0 Å². The van der Waals surface area contributed by atoms with Crippen molar-refractivity contribution in [2.45, 2.75) is 18.3 Å². The quantitative estimate of drug-likeness (QED) is 0.909. The number of aliphatic carboxylic acids is 1. The van der Waals surface area contributed by atoms with Crippen LogP contribution in [-0.2, 0) is 4.79 Å². The maximum Gasteiger partial charge on any atom is 0.311 e. The van der Waals surface area contributed by atoms with Crippen molar-refractivity contribution in [3.8, 4) is 0 Å². The summed E-state index contributed by atoms with van der Waals surface area (Å²) in [6, 6.07) is 17.3. The molecule has 20 heavy (non-hydrogen) atoms. The Morgan fingerprint density at radius 1 is 1.15 bits per heavy atom. The average Bonchev–Trinajstić information content (AvgIpc) is 3.20. The Bertz CT molecular complexity index is 624. The lowest BCUT2D eigenvalue weighted by Gasteiger charge is -2.13. The maximum atomic E-state index is 11.6. The third kappa shape index (κ3) is 2.56. The molecule has 3 unspecified atom stereocenters. The van der Waals surface area contributed by atoms with Crippen molar-refractivity contribution in [1.82, 2.24) is 0 Å². The molecule has 1 fully saturated rings. The Morgan fingerprint density at radius 3 is 2.55 bits per heavy atom. The van der Waals surface area contributed by atoms with Crippen LogP contribution in [0.1, 0.15) is 29.4 Å². The SMILES string of the molecule is O=C(O)C(c1cccc(Cl)c1)C1CC1c1ccccc1. The van der Waals surface area contributed by atoms with Crippen LogP contribution in [0.15, 0.2) is 54.6 Å². The summed E-state index contributed by atoms with van der Waals surface area (Å²) >= 11 is 5.98. The van der Waals surface area contributed by atoms with Gasteiger partial charge in [0.15, 0.2) is 0 Å². The van der Waals surface area contributed by atoms with Gasteiger partial charge in [-0.3, -0.25) is 4.79 Å². The van der Waals surface area contributed by atoms with E-state index in [0.29, 0.717) is 10.9 Å². The fourth-order valence-corrected chi connectivity index (χ4v) is 3.14. The van der Waals surface area contributed by atoms with Gasteiger partial charge in [-0.25, -0.2) is 0 Å². The summed E-state index contributed by atoms with van der Waals surface area (Å²) in [6.45, 7) is 0. The third-order valence-electron chi connectivity index (χ3n) is 3.97. The molecule has 0 amide bonds. The molecular weight excluding hydrogens is 272 g/mol. The van der Waals surface area contributed by atoms with E-state index in [0.717, 1.165) is 12.0 Å². The molecule has 0 bridgehead atoms. The molecule has 0 saturated heterocycles.